The molecule has 4 heteroatoms. The SMILES string of the molecule is Cc1cccc(C)c1OCC(O)CNCC1CCCOC1. The Labute approximate surface area is 127 Å². The molecular weight excluding hydrogens is 266 g/mol. The first kappa shape index (κ1) is 16.3. The van der Waals surface area contributed by atoms with Gasteiger partial charge in [0, 0.05) is 19.7 Å². The average molecular weight is 293 g/mol. The van der Waals surface area contributed by atoms with Gasteiger partial charge in [-0.05, 0) is 43.7 Å². The van der Waals surface area contributed by atoms with E-state index in [4.69, 9.17) is 9.47 Å². The highest BCUT2D eigenvalue weighted by Gasteiger charge is 2.14. The van der Waals surface area contributed by atoms with Crippen molar-refractivity contribution in [1.29, 1.82) is 0 Å². The Morgan fingerprint density at radius 3 is 2.81 bits per heavy atom. The van der Waals surface area contributed by atoms with Gasteiger partial charge in [0.2, 0.25) is 0 Å². The summed E-state index contributed by atoms with van der Waals surface area (Å²) < 4.78 is 11.2. The standard InChI is InChI=1S/C17H27NO3/c1-13-5-3-6-14(2)17(13)21-12-16(19)10-18-9-15-7-4-8-20-11-15/h3,5-6,15-16,18-19H,4,7-12H2,1-2H3. The minimum absolute atomic E-state index is 0.319. The van der Waals surface area contributed by atoms with Gasteiger partial charge in [-0.1, -0.05) is 18.2 Å². The number of aliphatic hydroxyl groups excluding tert-OH is 1. The third-order valence-electron chi connectivity index (χ3n) is 3.90. The van der Waals surface area contributed by atoms with Crippen molar-refractivity contribution in [2.75, 3.05) is 32.9 Å². The number of nitrogens with one attached hydrogen (secondary N) is 1. The first-order chi connectivity index (χ1) is 10.2. The number of benzene rings is 1. The Balaban J connectivity index is 1.66. The predicted octanol–water partition coefficient (Wildman–Crippen LogP) is 2.06. The highest BCUT2D eigenvalue weighted by molar-refractivity contribution is 5.39. The second-order valence-corrected chi connectivity index (χ2v) is 5.93. The van der Waals surface area contributed by atoms with Gasteiger partial charge in [-0.2, -0.15) is 0 Å². The van der Waals surface area contributed by atoms with Crippen LogP contribution in [-0.4, -0.2) is 44.1 Å². The molecule has 1 fully saturated rings. The van der Waals surface area contributed by atoms with E-state index in [1.54, 1.807) is 0 Å². The number of rotatable bonds is 7. The molecule has 1 heterocycles. The van der Waals surface area contributed by atoms with E-state index in [1.165, 1.54) is 6.42 Å². The molecule has 1 aliphatic heterocycles. The summed E-state index contributed by atoms with van der Waals surface area (Å²) in [5, 5.41) is 13.3. The maximum atomic E-state index is 10.0. The zero-order chi connectivity index (χ0) is 15.1. The van der Waals surface area contributed by atoms with Crippen molar-refractivity contribution in [3.63, 3.8) is 0 Å². The van der Waals surface area contributed by atoms with Crippen molar-refractivity contribution in [3.05, 3.63) is 29.3 Å². The Morgan fingerprint density at radius 1 is 1.38 bits per heavy atom. The van der Waals surface area contributed by atoms with E-state index in [0.29, 0.717) is 19.1 Å². The minimum Gasteiger partial charge on any atom is -0.490 e. The van der Waals surface area contributed by atoms with Gasteiger partial charge in [-0.25, -0.2) is 0 Å². The summed E-state index contributed by atoms with van der Waals surface area (Å²) in [5.74, 6) is 1.46. The highest BCUT2D eigenvalue weighted by atomic mass is 16.5. The number of hydrogen-bond acceptors (Lipinski definition) is 4. The summed E-state index contributed by atoms with van der Waals surface area (Å²) in [6.07, 6.45) is 1.86. The molecule has 0 aliphatic carbocycles. The molecule has 1 aromatic carbocycles. The molecule has 1 saturated heterocycles. The number of para-hydroxylation sites is 1. The predicted molar refractivity (Wildman–Crippen MR) is 83.8 cm³/mol. The van der Waals surface area contributed by atoms with Crippen LogP contribution in [0.25, 0.3) is 0 Å². The summed E-state index contributed by atoms with van der Waals surface area (Å²) in [6, 6.07) is 6.06. The van der Waals surface area contributed by atoms with Crippen LogP contribution in [0.15, 0.2) is 18.2 Å². The van der Waals surface area contributed by atoms with Gasteiger partial charge in [0.1, 0.15) is 18.5 Å². The summed E-state index contributed by atoms with van der Waals surface area (Å²) in [4.78, 5) is 0. The largest absolute Gasteiger partial charge is 0.490 e. The van der Waals surface area contributed by atoms with E-state index in [1.807, 2.05) is 32.0 Å². The Bertz CT molecular complexity index is 410. The van der Waals surface area contributed by atoms with Gasteiger partial charge >= 0.3 is 0 Å². The fourth-order valence-corrected chi connectivity index (χ4v) is 2.69. The monoisotopic (exact) mass is 293 g/mol. The van der Waals surface area contributed by atoms with Crippen LogP contribution < -0.4 is 10.1 Å². The van der Waals surface area contributed by atoms with Crippen LogP contribution >= 0.6 is 0 Å². The summed E-state index contributed by atoms with van der Waals surface area (Å²) >= 11 is 0. The molecule has 2 rings (SSSR count). The van der Waals surface area contributed by atoms with Crippen molar-refractivity contribution in [3.8, 4) is 5.75 Å². The molecule has 2 unspecified atom stereocenters. The molecule has 0 saturated carbocycles. The van der Waals surface area contributed by atoms with Gasteiger partial charge in [0.25, 0.3) is 0 Å². The van der Waals surface area contributed by atoms with Crippen LogP contribution in [0, 0.1) is 19.8 Å². The lowest BCUT2D eigenvalue weighted by Gasteiger charge is -2.23. The molecule has 0 amide bonds. The average Bonchev–Trinajstić information content (AvgIpc) is 2.48. The van der Waals surface area contributed by atoms with Crippen molar-refractivity contribution in [2.24, 2.45) is 5.92 Å². The number of ether oxygens (including phenoxy) is 2. The highest BCUT2D eigenvalue weighted by Crippen LogP contribution is 2.22. The van der Waals surface area contributed by atoms with Crippen LogP contribution in [0.5, 0.6) is 5.75 Å². The molecule has 1 aliphatic rings. The maximum Gasteiger partial charge on any atom is 0.125 e. The van der Waals surface area contributed by atoms with E-state index < -0.39 is 6.10 Å². The topological polar surface area (TPSA) is 50.7 Å². The van der Waals surface area contributed by atoms with Gasteiger partial charge in [-0.15, -0.1) is 0 Å². The van der Waals surface area contributed by atoms with Crippen molar-refractivity contribution in [2.45, 2.75) is 32.8 Å². The Morgan fingerprint density at radius 2 is 2.14 bits per heavy atom. The van der Waals surface area contributed by atoms with Crippen molar-refractivity contribution < 1.29 is 14.6 Å². The molecule has 118 valence electrons. The van der Waals surface area contributed by atoms with Crippen LogP contribution in [0.1, 0.15) is 24.0 Å². The third-order valence-corrected chi connectivity index (χ3v) is 3.90. The molecule has 2 N–H and O–H groups in total. The quantitative estimate of drug-likeness (QED) is 0.808. The normalized spacial score (nSPS) is 20.2. The van der Waals surface area contributed by atoms with Crippen LogP contribution in [0.4, 0.5) is 0 Å². The van der Waals surface area contributed by atoms with E-state index in [9.17, 15) is 5.11 Å². The van der Waals surface area contributed by atoms with Crippen molar-refractivity contribution in [1.82, 2.24) is 5.32 Å². The fourth-order valence-electron chi connectivity index (χ4n) is 2.69. The smallest absolute Gasteiger partial charge is 0.125 e. The van der Waals surface area contributed by atoms with Gasteiger partial charge in [0.05, 0.1) is 6.61 Å². The van der Waals surface area contributed by atoms with Crippen LogP contribution in [0.2, 0.25) is 0 Å². The summed E-state index contributed by atoms with van der Waals surface area (Å²) in [5.41, 5.74) is 2.21. The van der Waals surface area contributed by atoms with Gasteiger partial charge in [-0.3, -0.25) is 0 Å². The lowest BCUT2D eigenvalue weighted by molar-refractivity contribution is 0.0515. The fraction of sp³-hybridized carbons (Fsp3) is 0.647. The molecule has 0 radical (unpaired) electrons. The van der Waals surface area contributed by atoms with E-state index >= 15 is 0 Å². The molecule has 4 nitrogen and oxygen atoms in total. The lowest BCUT2D eigenvalue weighted by atomic mass is 10.0. The third kappa shape index (κ3) is 5.30. The van der Waals surface area contributed by atoms with Crippen molar-refractivity contribution >= 4 is 0 Å². The van der Waals surface area contributed by atoms with E-state index in [2.05, 4.69) is 5.32 Å². The molecule has 0 aromatic heterocycles. The molecule has 2 atom stereocenters. The summed E-state index contributed by atoms with van der Waals surface area (Å²) in [7, 11) is 0. The number of aliphatic hydroxyl groups is 1. The Kier molecular flexibility index (Phi) is 6.49. The first-order valence-corrected chi connectivity index (χ1v) is 7.82. The molecule has 21 heavy (non-hydrogen) atoms. The molecule has 1 aromatic rings. The van der Waals surface area contributed by atoms with Crippen LogP contribution in [-0.2, 0) is 4.74 Å². The number of aryl methyl sites for hydroxylation is 2. The van der Waals surface area contributed by atoms with E-state index in [-0.39, 0.29) is 0 Å². The van der Waals surface area contributed by atoms with Crippen LogP contribution in [0.3, 0.4) is 0 Å². The molecule has 0 spiro atoms. The van der Waals surface area contributed by atoms with E-state index in [0.717, 1.165) is 43.1 Å². The first-order valence-electron chi connectivity index (χ1n) is 7.82. The Hall–Kier alpha value is -1.10. The zero-order valence-electron chi connectivity index (χ0n) is 13.1. The summed E-state index contributed by atoms with van der Waals surface area (Å²) in [6.45, 7) is 7.55. The molecular formula is C17H27NO3. The number of hydrogen-bond donors (Lipinski definition) is 2. The maximum absolute atomic E-state index is 10.0. The molecule has 0 bridgehead atoms. The minimum atomic E-state index is -0.492. The second-order valence-electron chi connectivity index (χ2n) is 5.93. The zero-order valence-corrected chi connectivity index (χ0v) is 13.1. The van der Waals surface area contributed by atoms with Gasteiger partial charge < -0.3 is 19.9 Å². The lowest BCUT2D eigenvalue weighted by Crippen LogP contribution is -2.36. The van der Waals surface area contributed by atoms with Gasteiger partial charge in [0.15, 0.2) is 0 Å². The second kappa shape index (κ2) is 8.37.